The van der Waals surface area contributed by atoms with Gasteiger partial charge in [-0.05, 0) is 57.7 Å². The van der Waals surface area contributed by atoms with E-state index in [1.165, 1.54) is 4.90 Å². The third kappa shape index (κ3) is 4.05. The van der Waals surface area contributed by atoms with Crippen LogP contribution in [0.2, 0.25) is 0 Å². The SMILES string of the molecule is CCC1CCc2cc(Br)cc(C(F)(F)F)c2N1C(=O)OC(C)(C)C. The summed E-state index contributed by atoms with van der Waals surface area (Å²) in [6.45, 7) is 6.95. The Morgan fingerprint density at radius 3 is 2.46 bits per heavy atom. The Kier molecular flexibility index (Phi) is 5.23. The van der Waals surface area contributed by atoms with Crippen molar-refractivity contribution in [3.8, 4) is 0 Å². The van der Waals surface area contributed by atoms with E-state index < -0.39 is 23.4 Å². The molecular weight excluding hydrogens is 387 g/mol. The minimum Gasteiger partial charge on any atom is -0.443 e. The van der Waals surface area contributed by atoms with Gasteiger partial charge in [0.1, 0.15) is 5.60 Å². The molecule has 0 fully saturated rings. The van der Waals surface area contributed by atoms with Crippen LogP contribution in [0.3, 0.4) is 0 Å². The molecule has 2 rings (SSSR count). The summed E-state index contributed by atoms with van der Waals surface area (Å²) in [5, 5.41) is 0. The molecule has 1 unspecified atom stereocenters. The molecule has 7 heteroatoms. The van der Waals surface area contributed by atoms with Crippen LogP contribution in [0, 0.1) is 0 Å². The predicted molar refractivity (Wildman–Crippen MR) is 90.3 cm³/mol. The van der Waals surface area contributed by atoms with Crippen molar-refractivity contribution in [2.45, 2.75) is 64.8 Å². The first-order valence-electron chi connectivity index (χ1n) is 7.86. The minimum atomic E-state index is -4.55. The van der Waals surface area contributed by atoms with Crippen molar-refractivity contribution >= 4 is 27.7 Å². The number of benzene rings is 1. The number of alkyl halides is 3. The van der Waals surface area contributed by atoms with Gasteiger partial charge in [0.15, 0.2) is 0 Å². The summed E-state index contributed by atoms with van der Waals surface area (Å²) in [6, 6.07) is 2.36. The molecule has 134 valence electrons. The van der Waals surface area contributed by atoms with Crippen LogP contribution in [0.25, 0.3) is 0 Å². The lowest BCUT2D eigenvalue weighted by molar-refractivity contribution is -0.137. The van der Waals surface area contributed by atoms with Crippen molar-refractivity contribution in [1.82, 2.24) is 0 Å². The molecule has 1 aliphatic heterocycles. The number of ether oxygens (including phenoxy) is 1. The lowest BCUT2D eigenvalue weighted by Crippen LogP contribution is -2.47. The largest absolute Gasteiger partial charge is 0.443 e. The zero-order valence-electron chi connectivity index (χ0n) is 14.1. The maximum atomic E-state index is 13.6. The number of fused-ring (bicyclic) bond motifs is 1. The van der Waals surface area contributed by atoms with Gasteiger partial charge >= 0.3 is 12.3 Å². The number of amides is 1. The Balaban J connectivity index is 2.61. The van der Waals surface area contributed by atoms with Gasteiger partial charge in [0, 0.05) is 10.5 Å². The number of aryl methyl sites for hydroxylation is 1. The molecule has 0 saturated heterocycles. The number of anilines is 1. The topological polar surface area (TPSA) is 29.5 Å². The Hall–Kier alpha value is -1.24. The molecule has 1 atom stereocenters. The molecule has 0 radical (unpaired) electrons. The van der Waals surface area contributed by atoms with Gasteiger partial charge in [-0.15, -0.1) is 0 Å². The second-order valence-corrected chi connectivity index (χ2v) is 7.83. The van der Waals surface area contributed by atoms with E-state index in [9.17, 15) is 18.0 Å². The normalized spacial score (nSPS) is 18.3. The fourth-order valence-electron chi connectivity index (χ4n) is 2.92. The maximum Gasteiger partial charge on any atom is 0.418 e. The van der Waals surface area contributed by atoms with Crippen molar-refractivity contribution in [3.63, 3.8) is 0 Å². The molecule has 0 aromatic heterocycles. The highest BCUT2D eigenvalue weighted by Crippen LogP contribution is 2.44. The highest BCUT2D eigenvalue weighted by molar-refractivity contribution is 9.10. The fraction of sp³-hybridized carbons (Fsp3) is 0.588. The van der Waals surface area contributed by atoms with E-state index in [0.717, 1.165) is 6.07 Å². The first kappa shape index (κ1) is 19.1. The lowest BCUT2D eigenvalue weighted by Gasteiger charge is -2.39. The standard InChI is InChI=1S/C17H21BrF3NO2/c1-5-12-7-6-10-8-11(18)9-13(17(19,20)21)14(10)22(12)15(23)24-16(2,3)4/h8-9,12H,5-7H2,1-4H3. The van der Waals surface area contributed by atoms with Crippen molar-refractivity contribution in [3.05, 3.63) is 27.7 Å². The second kappa shape index (κ2) is 6.58. The second-order valence-electron chi connectivity index (χ2n) is 6.91. The monoisotopic (exact) mass is 407 g/mol. The molecule has 1 amide bonds. The zero-order valence-corrected chi connectivity index (χ0v) is 15.7. The van der Waals surface area contributed by atoms with Gasteiger partial charge in [0.05, 0.1) is 11.3 Å². The van der Waals surface area contributed by atoms with E-state index in [-0.39, 0.29) is 11.7 Å². The first-order valence-corrected chi connectivity index (χ1v) is 8.65. The van der Waals surface area contributed by atoms with E-state index >= 15 is 0 Å². The van der Waals surface area contributed by atoms with E-state index in [4.69, 9.17) is 4.74 Å². The van der Waals surface area contributed by atoms with Gasteiger partial charge in [-0.2, -0.15) is 13.2 Å². The number of hydrogen-bond donors (Lipinski definition) is 0. The highest BCUT2D eigenvalue weighted by atomic mass is 79.9. The van der Waals surface area contributed by atoms with Gasteiger partial charge in [0.2, 0.25) is 0 Å². The third-order valence-electron chi connectivity index (χ3n) is 3.87. The molecule has 1 aliphatic rings. The molecular formula is C17H21BrF3NO2. The fourth-order valence-corrected chi connectivity index (χ4v) is 3.42. The Labute approximate surface area is 148 Å². The van der Waals surface area contributed by atoms with Gasteiger partial charge in [0.25, 0.3) is 0 Å². The van der Waals surface area contributed by atoms with Gasteiger partial charge in [-0.25, -0.2) is 4.79 Å². The molecule has 1 aromatic rings. The van der Waals surface area contributed by atoms with E-state index in [1.54, 1.807) is 26.8 Å². The van der Waals surface area contributed by atoms with Crippen LogP contribution in [-0.2, 0) is 17.3 Å². The van der Waals surface area contributed by atoms with Crippen LogP contribution in [0.1, 0.15) is 51.7 Å². The Bertz CT molecular complexity index is 638. The van der Waals surface area contributed by atoms with Crippen molar-refractivity contribution in [1.29, 1.82) is 0 Å². The summed E-state index contributed by atoms with van der Waals surface area (Å²) in [5.41, 5.74) is -1.15. The number of carbonyl (C=O) groups excluding carboxylic acids is 1. The van der Waals surface area contributed by atoms with Gasteiger partial charge in [-0.3, -0.25) is 4.90 Å². The highest BCUT2D eigenvalue weighted by Gasteiger charge is 2.42. The van der Waals surface area contributed by atoms with E-state index in [0.29, 0.717) is 29.3 Å². The van der Waals surface area contributed by atoms with Gasteiger partial charge in [-0.1, -0.05) is 22.9 Å². The molecule has 0 bridgehead atoms. The molecule has 0 spiro atoms. The summed E-state index contributed by atoms with van der Waals surface area (Å²) in [7, 11) is 0. The minimum absolute atomic E-state index is 0.0712. The van der Waals surface area contributed by atoms with Crippen LogP contribution in [0.4, 0.5) is 23.7 Å². The smallest absolute Gasteiger partial charge is 0.418 e. The van der Waals surface area contributed by atoms with E-state index in [2.05, 4.69) is 15.9 Å². The number of nitrogens with zero attached hydrogens (tertiary/aromatic N) is 1. The van der Waals surface area contributed by atoms with Crippen LogP contribution in [0.15, 0.2) is 16.6 Å². The molecule has 3 nitrogen and oxygen atoms in total. The average molecular weight is 408 g/mol. The molecule has 1 aromatic carbocycles. The number of rotatable bonds is 1. The summed E-state index contributed by atoms with van der Waals surface area (Å²) >= 11 is 3.14. The van der Waals surface area contributed by atoms with E-state index in [1.807, 2.05) is 6.92 Å². The maximum absolute atomic E-state index is 13.6. The van der Waals surface area contributed by atoms with Gasteiger partial charge < -0.3 is 4.74 Å². The van der Waals surface area contributed by atoms with Crippen molar-refractivity contribution < 1.29 is 22.7 Å². The lowest BCUT2D eigenvalue weighted by atomic mass is 9.92. The van der Waals surface area contributed by atoms with Crippen LogP contribution in [-0.4, -0.2) is 17.7 Å². The molecule has 24 heavy (non-hydrogen) atoms. The summed E-state index contributed by atoms with van der Waals surface area (Å²) in [6.07, 6.45) is -3.62. The molecule has 0 N–H and O–H groups in total. The van der Waals surface area contributed by atoms with Crippen LogP contribution < -0.4 is 4.90 Å². The number of halogens is 4. The summed E-state index contributed by atoms with van der Waals surface area (Å²) in [5.74, 6) is 0. The third-order valence-corrected chi connectivity index (χ3v) is 4.33. The summed E-state index contributed by atoms with van der Waals surface area (Å²) < 4.78 is 46.4. The molecule has 1 heterocycles. The van der Waals surface area contributed by atoms with Crippen molar-refractivity contribution in [2.75, 3.05) is 4.90 Å². The Morgan fingerprint density at radius 2 is 1.96 bits per heavy atom. The predicted octanol–water partition coefficient (Wildman–Crippen LogP) is 5.93. The molecule has 0 saturated carbocycles. The van der Waals surface area contributed by atoms with Crippen molar-refractivity contribution in [2.24, 2.45) is 0 Å². The van der Waals surface area contributed by atoms with Crippen LogP contribution in [0.5, 0.6) is 0 Å². The number of carbonyl (C=O) groups is 1. The average Bonchev–Trinajstić information content (AvgIpc) is 2.42. The Morgan fingerprint density at radius 1 is 1.33 bits per heavy atom. The zero-order chi connectivity index (χ0) is 18.3. The molecule has 0 aliphatic carbocycles. The summed E-state index contributed by atoms with van der Waals surface area (Å²) in [4.78, 5) is 13.8. The quantitative estimate of drug-likeness (QED) is 0.576. The first-order chi connectivity index (χ1) is 10.9. The van der Waals surface area contributed by atoms with Crippen LogP contribution >= 0.6 is 15.9 Å². The number of hydrogen-bond acceptors (Lipinski definition) is 2.